The van der Waals surface area contributed by atoms with E-state index in [9.17, 15) is 9.90 Å². The highest BCUT2D eigenvalue weighted by Gasteiger charge is 2.26. The molecule has 0 aliphatic rings. The minimum absolute atomic E-state index is 0.0695. The number of aromatic nitrogens is 5. The van der Waals surface area contributed by atoms with Crippen LogP contribution in [0.15, 0.2) is 38.9 Å². The molecule has 0 radical (unpaired) electrons. The molecule has 0 fully saturated rings. The van der Waals surface area contributed by atoms with E-state index < -0.39 is 17.5 Å². The first kappa shape index (κ1) is 23.6. The minimum atomic E-state index is -0.447. The molecule has 0 spiro atoms. The molecule has 0 aliphatic heterocycles. The van der Waals surface area contributed by atoms with Gasteiger partial charge in [0.15, 0.2) is 5.56 Å². The van der Waals surface area contributed by atoms with Crippen molar-refractivity contribution in [1.29, 1.82) is 0 Å². The van der Waals surface area contributed by atoms with Crippen molar-refractivity contribution < 1.29 is 14.3 Å². The van der Waals surface area contributed by atoms with Crippen LogP contribution < -0.4 is 10.3 Å². The Hall–Kier alpha value is -3.53. The van der Waals surface area contributed by atoms with Crippen molar-refractivity contribution in [2.45, 2.75) is 52.5 Å². The van der Waals surface area contributed by atoms with Crippen molar-refractivity contribution >= 4 is 11.3 Å². The zero-order valence-corrected chi connectivity index (χ0v) is 20.4. The van der Waals surface area contributed by atoms with Gasteiger partial charge < -0.3 is 14.3 Å². The average Bonchev–Trinajstić information content (AvgIpc) is 3.45. The highest BCUT2D eigenvalue weighted by Crippen LogP contribution is 2.30. The molecular weight excluding hydrogens is 454 g/mol. The predicted octanol–water partition coefficient (Wildman–Crippen LogP) is 4.32. The van der Waals surface area contributed by atoms with E-state index in [1.165, 1.54) is 11.3 Å². The average molecular weight is 482 g/mol. The Morgan fingerprint density at radius 3 is 2.74 bits per heavy atom. The number of nitrogens with zero attached hydrogens (tertiary/aromatic N) is 5. The summed E-state index contributed by atoms with van der Waals surface area (Å²) >= 11 is 1.53. The van der Waals surface area contributed by atoms with Gasteiger partial charge in [-0.3, -0.25) is 9.36 Å². The third-order valence-corrected chi connectivity index (χ3v) is 6.40. The van der Waals surface area contributed by atoms with E-state index in [4.69, 9.17) is 9.15 Å². The third kappa shape index (κ3) is 4.72. The molecule has 0 bridgehead atoms. The van der Waals surface area contributed by atoms with Gasteiger partial charge >= 0.3 is 0 Å². The first-order valence-corrected chi connectivity index (χ1v) is 12.0. The SMILES string of the molecule is CCCCc1nc(O)c(-c2nnc(Cc3csc(C)n3)o2)c(=O)n1C(C)c1ccccc1OC. The number of ether oxygens (including phenoxy) is 1. The molecule has 0 amide bonds. The van der Waals surface area contributed by atoms with Crippen molar-refractivity contribution in [1.82, 2.24) is 24.7 Å². The summed E-state index contributed by atoms with van der Waals surface area (Å²) in [5, 5.41) is 21.7. The first-order valence-electron chi connectivity index (χ1n) is 11.1. The fraction of sp³-hybridized carbons (Fsp3) is 0.375. The Morgan fingerprint density at radius 2 is 2.03 bits per heavy atom. The monoisotopic (exact) mass is 481 g/mol. The van der Waals surface area contributed by atoms with Crippen LogP contribution in [0.2, 0.25) is 0 Å². The van der Waals surface area contributed by atoms with E-state index in [1.807, 2.05) is 43.5 Å². The third-order valence-electron chi connectivity index (χ3n) is 5.58. The van der Waals surface area contributed by atoms with Gasteiger partial charge in [0.25, 0.3) is 11.4 Å². The van der Waals surface area contributed by atoms with Gasteiger partial charge in [0, 0.05) is 17.4 Å². The van der Waals surface area contributed by atoms with Crippen LogP contribution in [0.25, 0.3) is 11.5 Å². The molecule has 1 aromatic carbocycles. The summed E-state index contributed by atoms with van der Waals surface area (Å²) in [7, 11) is 1.59. The van der Waals surface area contributed by atoms with Crippen LogP contribution in [-0.4, -0.2) is 36.9 Å². The van der Waals surface area contributed by atoms with Crippen LogP contribution >= 0.6 is 11.3 Å². The van der Waals surface area contributed by atoms with Crippen LogP contribution in [0.5, 0.6) is 11.6 Å². The second kappa shape index (κ2) is 10.2. The Kier molecular flexibility index (Phi) is 7.06. The van der Waals surface area contributed by atoms with E-state index in [2.05, 4.69) is 27.1 Å². The predicted molar refractivity (Wildman–Crippen MR) is 129 cm³/mol. The van der Waals surface area contributed by atoms with Crippen LogP contribution in [-0.2, 0) is 12.8 Å². The molecule has 0 saturated heterocycles. The lowest BCUT2D eigenvalue weighted by Crippen LogP contribution is -2.30. The summed E-state index contributed by atoms with van der Waals surface area (Å²) in [5.41, 5.74) is 1.07. The van der Waals surface area contributed by atoms with Gasteiger partial charge in [0.05, 0.1) is 30.3 Å². The number of aromatic hydroxyl groups is 1. The molecule has 10 heteroatoms. The molecule has 34 heavy (non-hydrogen) atoms. The molecule has 0 saturated carbocycles. The van der Waals surface area contributed by atoms with E-state index in [1.54, 1.807) is 11.7 Å². The zero-order chi connectivity index (χ0) is 24.2. The van der Waals surface area contributed by atoms with Crippen LogP contribution in [0.1, 0.15) is 60.7 Å². The zero-order valence-electron chi connectivity index (χ0n) is 19.6. The second-order valence-corrected chi connectivity index (χ2v) is 9.02. The number of hydrogen-bond acceptors (Lipinski definition) is 9. The van der Waals surface area contributed by atoms with Crippen LogP contribution in [0.3, 0.4) is 0 Å². The number of benzene rings is 1. The van der Waals surface area contributed by atoms with Gasteiger partial charge in [-0.15, -0.1) is 21.5 Å². The van der Waals surface area contributed by atoms with Gasteiger partial charge in [-0.1, -0.05) is 31.5 Å². The lowest BCUT2D eigenvalue weighted by molar-refractivity contribution is 0.398. The number of methoxy groups -OCH3 is 1. The van der Waals surface area contributed by atoms with Crippen molar-refractivity contribution in [3.05, 3.63) is 68.0 Å². The summed E-state index contributed by atoms with van der Waals surface area (Å²) in [4.78, 5) is 22.5. The summed E-state index contributed by atoms with van der Waals surface area (Å²) < 4.78 is 12.9. The molecule has 1 N–H and O–H groups in total. The van der Waals surface area contributed by atoms with Gasteiger partial charge in [-0.05, 0) is 26.3 Å². The van der Waals surface area contributed by atoms with E-state index in [-0.39, 0.29) is 11.5 Å². The van der Waals surface area contributed by atoms with Gasteiger partial charge in [0.1, 0.15) is 11.6 Å². The molecule has 0 aliphatic carbocycles. The number of thiazole rings is 1. The van der Waals surface area contributed by atoms with Crippen molar-refractivity contribution in [3.63, 3.8) is 0 Å². The fourth-order valence-electron chi connectivity index (χ4n) is 3.88. The minimum Gasteiger partial charge on any atom is -0.496 e. The first-order chi connectivity index (χ1) is 16.4. The molecule has 178 valence electrons. The lowest BCUT2D eigenvalue weighted by Gasteiger charge is -2.22. The van der Waals surface area contributed by atoms with Crippen molar-refractivity contribution in [2.75, 3.05) is 7.11 Å². The maximum Gasteiger partial charge on any atom is 0.270 e. The molecule has 1 unspecified atom stereocenters. The Morgan fingerprint density at radius 1 is 1.24 bits per heavy atom. The maximum atomic E-state index is 13.7. The normalized spacial score (nSPS) is 12.1. The topological polar surface area (TPSA) is 116 Å². The quantitative estimate of drug-likeness (QED) is 0.376. The Labute approximate surface area is 201 Å². The molecule has 3 aromatic heterocycles. The molecular formula is C24H27N5O4S. The highest BCUT2D eigenvalue weighted by atomic mass is 32.1. The molecule has 4 aromatic rings. The summed E-state index contributed by atoms with van der Waals surface area (Å²) in [6, 6.07) is 7.13. The smallest absolute Gasteiger partial charge is 0.270 e. The van der Waals surface area contributed by atoms with Crippen LogP contribution in [0, 0.1) is 6.92 Å². The van der Waals surface area contributed by atoms with Crippen LogP contribution in [0.4, 0.5) is 0 Å². The summed E-state index contributed by atoms with van der Waals surface area (Å²) in [6.45, 7) is 5.88. The molecule has 4 rings (SSSR count). The van der Waals surface area contributed by atoms with Crippen molar-refractivity contribution in [3.8, 4) is 23.1 Å². The number of para-hydroxylation sites is 1. The molecule has 9 nitrogen and oxygen atoms in total. The van der Waals surface area contributed by atoms with E-state index in [0.717, 1.165) is 29.1 Å². The number of aryl methyl sites for hydroxylation is 2. The Balaban J connectivity index is 1.80. The largest absolute Gasteiger partial charge is 0.496 e. The van der Waals surface area contributed by atoms with E-state index in [0.29, 0.717) is 30.3 Å². The number of hydrogen-bond donors (Lipinski definition) is 1. The maximum absolute atomic E-state index is 13.7. The number of unbranched alkanes of at least 4 members (excludes halogenated alkanes) is 1. The fourth-order valence-corrected chi connectivity index (χ4v) is 4.50. The standard InChI is InChI=1S/C24H27N5O4S/c1-5-6-11-19-26-22(30)21(23-28-27-20(33-23)12-16-13-34-15(3)25-16)24(31)29(19)14(2)17-9-7-8-10-18(17)32-4/h7-10,13-14,30H,5-6,11-12H2,1-4H3. The van der Waals surface area contributed by atoms with Gasteiger partial charge in [-0.25, -0.2) is 4.98 Å². The molecule has 1 atom stereocenters. The molecule has 3 heterocycles. The summed E-state index contributed by atoms with van der Waals surface area (Å²) in [5.74, 6) is 0.971. The van der Waals surface area contributed by atoms with Gasteiger partial charge in [0.2, 0.25) is 11.8 Å². The lowest BCUT2D eigenvalue weighted by atomic mass is 10.1. The second-order valence-electron chi connectivity index (χ2n) is 7.96. The van der Waals surface area contributed by atoms with E-state index >= 15 is 0 Å². The highest BCUT2D eigenvalue weighted by molar-refractivity contribution is 7.09. The van der Waals surface area contributed by atoms with Crippen molar-refractivity contribution in [2.24, 2.45) is 0 Å². The van der Waals surface area contributed by atoms with Gasteiger partial charge in [-0.2, -0.15) is 4.98 Å². The number of rotatable bonds is 9. The summed E-state index contributed by atoms with van der Waals surface area (Å²) in [6.07, 6.45) is 2.62. The Bertz CT molecular complexity index is 1340.